The van der Waals surface area contributed by atoms with Crippen LogP contribution in [0.3, 0.4) is 0 Å². The molecule has 0 aromatic carbocycles. The second kappa shape index (κ2) is 11.1. The summed E-state index contributed by atoms with van der Waals surface area (Å²) in [5.74, 6) is 1.77. The van der Waals surface area contributed by atoms with E-state index in [0.29, 0.717) is 19.1 Å². The standard InChI is InChI=1S/C17H34N4O.HI/c1-6-13-8-10-14(11-9-13)21-16(18-5)20-12-17(3,4)15(22)19-7-2;/h13-14H,6-12H2,1-5H3,(H,19,22)(H2,18,20,21);1H. The zero-order valence-corrected chi connectivity index (χ0v) is 17.7. The molecule has 0 aliphatic heterocycles. The molecular weight excluding hydrogens is 403 g/mol. The zero-order valence-electron chi connectivity index (χ0n) is 15.4. The Hall–Kier alpha value is -0.530. The van der Waals surface area contributed by atoms with Gasteiger partial charge in [0.1, 0.15) is 0 Å². The summed E-state index contributed by atoms with van der Waals surface area (Å²) in [6.45, 7) is 9.35. The molecule has 0 radical (unpaired) electrons. The third kappa shape index (κ3) is 7.72. The summed E-state index contributed by atoms with van der Waals surface area (Å²) in [6, 6.07) is 0.501. The molecule has 3 N–H and O–H groups in total. The van der Waals surface area contributed by atoms with Gasteiger partial charge in [-0.25, -0.2) is 0 Å². The number of hydrogen-bond acceptors (Lipinski definition) is 2. The van der Waals surface area contributed by atoms with E-state index in [1.54, 1.807) is 7.05 Å². The molecule has 136 valence electrons. The lowest BCUT2D eigenvalue weighted by Crippen LogP contribution is -2.50. The molecule has 0 saturated heterocycles. The molecule has 0 aromatic heterocycles. The molecule has 1 rings (SSSR count). The largest absolute Gasteiger partial charge is 0.356 e. The quantitative estimate of drug-likeness (QED) is 0.340. The van der Waals surface area contributed by atoms with Crippen LogP contribution in [0.1, 0.15) is 59.8 Å². The summed E-state index contributed by atoms with van der Waals surface area (Å²) in [6.07, 6.45) is 6.31. The predicted molar refractivity (Wildman–Crippen MR) is 108 cm³/mol. The van der Waals surface area contributed by atoms with E-state index in [0.717, 1.165) is 11.9 Å². The van der Waals surface area contributed by atoms with E-state index < -0.39 is 5.41 Å². The summed E-state index contributed by atoms with van der Waals surface area (Å²) >= 11 is 0. The number of halogens is 1. The molecule has 0 bridgehead atoms. The maximum atomic E-state index is 12.0. The number of carbonyl (C=O) groups is 1. The molecule has 6 heteroatoms. The third-order valence-electron chi connectivity index (χ3n) is 4.64. The van der Waals surface area contributed by atoms with Crippen molar-refractivity contribution in [3.63, 3.8) is 0 Å². The molecule has 1 saturated carbocycles. The predicted octanol–water partition coefficient (Wildman–Crippen LogP) is 2.90. The summed E-state index contributed by atoms with van der Waals surface area (Å²) in [7, 11) is 1.78. The van der Waals surface area contributed by atoms with Gasteiger partial charge in [-0.1, -0.05) is 13.3 Å². The average Bonchev–Trinajstić information content (AvgIpc) is 2.52. The van der Waals surface area contributed by atoms with E-state index in [2.05, 4.69) is 27.9 Å². The van der Waals surface area contributed by atoms with Crippen LogP contribution in [0, 0.1) is 11.3 Å². The second-order valence-electron chi connectivity index (χ2n) is 6.94. The Morgan fingerprint density at radius 1 is 1.13 bits per heavy atom. The highest BCUT2D eigenvalue weighted by atomic mass is 127. The van der Waals surface area contributed by atoms with Crippen molar-refractivity contribution in [2.45, 2.75) is 65.8 Å². The van der Waals surface area contributed by atoms with Crippen molar-refractivity contribution in [3.8, 4) is 0 Å². The molecule has 0 atom stereocenters. The van der Waals surface area contributed by atoms with E-state index in [1.165, 1.54) is 32.1 Å². The number of nitrogens with zero attached hydrogens (tertiary/aromatic N) is 1. The lowest BCUT2D eigenvalue weighted by molar-refractivity contribution is -0.128. The molecule has 5 nitrogen and oxygen atoms in total. The smallest absolute Gasteiger partial charge is 0.227 e. The van der Waals surface area contributed by atoms with Gasteiger partial charge in [0.15, 0.2) is 5.96 Å². The first-order valence-corrected chi connectivity index (χ1v) is 8.68. The van der Waals surface area contributed by atoms with Gasteiger partial charge in [-0.05, 0) is 52.4 Å². The lowest BCUT2D eigenvalue weighted by atomic mass is 9.84. The maximum absolute atomic E-state index is 12.0. The van der Waals surface area contributed by atoms with Gasteiger partial charge in [0, 0.05) is 26.2 Å². The van der Waals surface area contributed by atoms with Crippen molar-refractivity contribution in [1.29, 1.82) is 0 Å². The normalized spacial score (nSPS) is 22.0. The molecule has 1 aliphatic carbocycles. The molecule has 1 fully saturated rings. The van der Waals surface area contributed by atoms with Crippen LogP contribution in [0.4, 0.5) is 0 Å². The first-order chi connectivity index (χ1) is 10.4. The topological polar surface area (TPSA) is 65.5 Å². The number of aliphatic imine (C=N–C) groups is 1. The molecule has 23 heavy (non-hydrogen) atoms. The van der Waals surface area contributed by atoms with E-state index in [1.807, 2.05) is 20.8 Å². The van der Waals surface area contributed by atoms with Crippen molar-refractivity contribution in [1.82, 2.24) is 16.0 Å². The Bertz CT molecular complexity index is 377. The van der Waals surface area contributed by atoms with Gasteiger partial charge in [-0.2, -0.15) is 0 Å². The Morgan fingerprint density at radius 3 is 2.22 bits per heavy atom. The Balaban J connectivity index is 0.00000484. The molecule has 0 heterocycles. The van der Waals surface area contributed by atoms with Gasteiger partial charge in [0.25, 0.3) is 0 Å². The van der Waals surface area contributed by atoms with Crippen molar-refractivity contribution in [2.75, 3.05) is 20.1 Å². The number of nitrogens with one attached hydrogen (secondary N) is 3. The van der Waals surface area contributed by atoms with Crippen molar-refractivity contribution < 1.29 is 4.79 Å². The lowest BCUT2D eigenvalue weighted by Gasteiger charge is -2.30. The minimum Gasteiger partial charge on any atom is -0.356 e. The van der Waals surface area contributed by atoms with Crippen LogP contribution in [0.2, 0.25) is 0 Å². The van der Waals surface area contributed by atoms with Gasteiger partial charge in [0.05, 0.1) is 5.41 Å². The van der Waals surface area contributed by atoms with Crippen LogP contribution in [0.5, 0.6) is 0 Å². The third-order valence-corrected chi connectivity index (χ3v) is 4.64. The van der Waals surface area contributed by atoms with E-state index in [9.17, 15) is 4.79 Å². The number of carbonyl (C=O) groups excluding carboxylic acids is 1. The van der Waals surface area contributed by atoms with Crippen LogP contribution >= 0.6 is 24.0 Å². The van der Waals surface area contributed by atoms with Crippen molar-refractivity contribution >= 4 is 35.8 Å². The minimum atomic E-state index is -0.451. The number of amides is 1. The van der Waals surface area contributed by atoms with Crippen LogP contribution in [-0.4, -0.2) is 38.0 Å². The number of rotatable bonds is 6. The molecular formula is C17H35IN4O. The highest BCUT2D eigenvalue weighted by Crippen LogP contribution is 2.26. The Kier molecular flexibility index (Phi) is 10.8. The van der Waals surface area contributed by atoms with Crippen molar-refractivity contribution in [2.24, 2.45) is 16.3 Å². The summed E-state index contributed by atoms with van der Waals surface area (Å²) < 4.78 is 0. The number of guanidine groups is 1. The van der Waals surface area contributed by atoms with Crippen molar-refractivity contribution in [3.05, 3.63) is 0 Å². The fraction of sp³-hybridized carbons (Fsp3) is 0.882. The summed E-state index contributed by atoms with van der Waals surface area (Å²) in [5, 5.41) is 9.68. The highest BCUT2D eigenvalue weighted by Gasteiger charge is 2.27. The van der Waals surface area contributed by atoms with E-state index >= 15 is 0 Å². The van der Waals surface area contributed by atoms with Gasteiger partial charge in [-0.15, -0.1) is 24.0 Å². The fourth-order valence-electron chi connectivity index (χ4n) is 2.89. The molecule has 0 unspecified atom stereocenters. The highest BCUT2D eigenvalue weighted by molar-refractivity contribution is 14.0. The van der Waals surface area contributed by atoms with Crippen LogP contribution in [-0.2, 0) is 4.79 Å². The van der Waals surface area contributed by atoms with Crippen LogP contribution in [0.15, 0.2) is 4.99 Å². The first kappa shape index (κ1) is 22.5. The van der Waals surface area contributed by atoms with E-state index in [-0.39, 0.29) is 29.9 Å². The fourth-order valence-corrected chi connectivity index (χ4v) is 2.89. The van der Waals surface area contributed by atoms with Gasteiger partial charge in [-0.3, -0.25) is 9.79 Å². The minimum absolute atomic E-state index is 0. The molecule has 1 aliphatic rings. The summed E-state index contributed by atoms with van der Waals surface area (Å²) in [4.78, 5) is 16.3. The maximum Gasteiger partial charge on any atom is 0.227 e. The van der Waals surface area contributed by atoms with Crippen LogP contribution < -0.4 is 16.0 Å². The number of hydrogen-bond donors (Lipinski definition) is 3. The first-order valence-electron chi connectivity index (χ1n) is 8.68. The van der Waals surface area contributed by atoms with Gasteiger partial charge in [0.2, 0.25) is 5.91 Å². The Labute approximate surface area is 158 Å². The van der Waals surface area contributed by atoms with E-state index in [4.69, 9.17) is 0 Å². The summed E-state index contributed by atoms with van der Waals surface area (Å²) in [5.41, 5.74) is -0.451. The van der Waals surface area contributed by atoms with Gasteiger partial charge < -0.3 is 16.0 Å². The van der Waals surface area contributed by atoms with Crippen LogP contribution in [0.25, 0.3) is 0 Å². The monoisotopic (exact) mass is 438 g/mol. The average molecular weight is 438 g/mol. The molecule has 0 spiro atoms. The molecule has 1 amide bonds. The second-order valence-corrected chi connectivity index (χ2v) is 6.94. The zero-order chi connectivity index (χ0) is 16.6. The molecule has 0 aromatic rings. The Morgan fingerprint density at radius 2 is 1.74 bits per heavy atom. The van der Waals surface area contributed by atoms with Gasteiger partial charge >= 0.3 is 0 Å². The SMILES string of the molecule is CCNC(=O)C(C)(C)CNC(=NC)NC1CCC(CC)CC1.I.